The number of benzene rings is 4. The van der Waals surface area contributed by atoms with Gasteiger partial charge < -0.3 is 4.74 Å². The van der Waals surface area contributed by atoms with Crippen LogP contribution in [0.15, 0.2) is 132 Å². The molecule has 0 spiro atoms. The summed E-state index contributed by atoms with van der Waals surface area (Å²) in [5.41, 5.74) is 0. The Kier molecular flexibility index (Phi) is 16.0. The maximum absolute atomic E-state index is 13.3. The molecule has 0 fully saturated rings. The van der Waals surface area contributed by atoms with Gasteiger partial charge in [-0.1, -0.05) is 121 Å². The zero-order valence-electron chi connectivity index (χ0n) is 20.7. The fraction of sp³-hybridized carbons (Fsp3) is 0. The average molecular weight is 609 g/mol. The third-order valence-electron chi connectivity index (χ3n) is 5.30. The van der Waals surface area contributed by atoms with Crippen molar-refractivity contribution in [1.29, 1.82) is 0 Å². The van der Waals surface area contributed by atoms with E-state index in [1.54, 1.807) is 0 Å². The van der Waals surface area contributed by atoms with Crippen molar-refractivity contribution in [1.82, 2.24) is 0 Å². The summed E-state index contributed by atoms with van der Waals surface area (Å²) >= 11 is 0. The first kappa shape index (κ1) is 34.4. The van der Waals surface area contributed by atoms with Gasteiger partial charge in [0.05, 0.1) is 10.6 Å². The van der Waals surface area contributed by atoms with Crippen molar-refractivity contribution in [3.8, 4) is 0 Å². The molecule has 0 saturated heterocycles. The van der Waals surface area contributed by atoms with Crippen LogP contribution in [0.25, 0.3) is 0 Å². The molecule has 0 bridgehead atoms. The summed E-state index contributed by atoms with van der Waals surface area (Å²) in [7, 11) is -2.54. The van der Waals surface area contributed by atoms with Crippen LogP contribution in [0.4, 0.5) is 0 Å². The molecule has 6 nitrogen and oxygen atoms in total. The van der Waals surface area contributed by atoms with Gasteiger partial charge in [0.15, 0.2) is 0 Å². The van der Waals surface area contributed by atoms with Crippen LogP contribution in [-0.2, 0) is 45.1 Å². The van der Waals surface area contributed by atoms with E-state index in [2.05, 4.69) is 20.0 Å². The maximum atomic E-state index is 13.3. The molecule has 0 amide bonds. The van der Waals surface area contributed by atoms with Crippen molar-refractivity contribution in [2.75, 3.05) is 0 Å². The number of esters is 2. The zero-order chi connectivity index (χ0) is 28.6. The minimum atomic E-state index is -1.27. The van der Waals surface area contributed by atoms with Crippen LogP contribution in [-0.4, -0.2) is 11.9 Å². The molecule has 9 heteroatoms. The summed E-state index contributed by atoms with van der Waals surface area (Å²) in [5, 5.41) is 5.02. The number of carbonyl (C=O) groups is 2. The molecule has 5 rings (SSSR count). The minimum Gasteiger partial charge on any atom is 0 e. The quantitative estimate of drug-likeness (QED) is 0.106. The largest absolute Gasteiger partial charge is 0 e. The first-order valence-electron chi connectivity index (χ1n) is 11.2. The van der Waals surface area contributed by atoms with Crippen molar-refractivity contribution in [3.05, 3.63) is 152 Å². The van der Waals surface area contributed by atoms with Gasteiger partial charge in [0, 0.05) is 16.8 Å². The van der Waals surface area contributed by atoms with E-state index in [0.29, 0.717) is 10.6 Å². The molecule has 1 radical (unpaired) electrons. The molecular formula is C31H20CoO6P2. The molecule has 0 N–H and O–H groups in total. The third kappa shape index (κ3) is 8.18. The van der Waals surface area contributed by atoms with Crippen molar-refractivity contribution in [3.63, 3.8) is 0 Å². The summed E-state index contributed by atoms with van der Waals surface area (Å²) in [6.07, 6.45) is 0. The van der Waals surface area contributed by atoms with Gasteiger partial charge in [0.2, 0.25) is 0 Å². The van der Waals surface area contributed by atoms with Crippen molar-refractivity contribution in [2.45, 2.75) is 0 Å². The van der Waals surface area contributed by atoms with Gasteiger partial charge >= 0.3 is 45.8 Å². The smallest absolute Gasteiger partial charge is 0 e. The summed E-state index contributed by atoms with van der Waals surface area (Å²) in [4.78, 5) is 26.6. The van der Waals surface area contributed by atoms with Crippen LogP contribution in [0.5, 0.6) is 0 Å². The van der Waals surface area contributed by atoms with Gasteiger partial charge in [0.25, 0.3) is 0 Å². The average Bonchev–Trinajstić information content (AvgIpc) is 3.31. The first-order valence-corrected chi connectivity index (χ1v) is 13.8. The van der Waals surface area contributed by atoms with Crippen LogP contribution >= 0.6 is 15.8 Å². The maximum Gasteiger partial charge on any atom is 0 e. The SMILES string of the molecule is O=C1OC(=O)C(P(c2ccccc2)c2ccccc2)=C1P(c1ccccc1)c1ccccc1.[C-]#[O+].[C-]#[O+].[C-]#[O+].[Co]. The van der Waals surface area contributed by atoms with Gasteiger partial charge in [-0.15, -0.1) is 0 Å². The summed E-state index contributed by atoms with van der Waals surface area (Å²) in [6, 6.07) is 39.7. The van der Waals surface area contributed by atoms with E-state index in [9.17, 15) is 9.59 Å². The number of cyclic esters (lactones) is 2. The number of hydrogen-bond donors (Lipinski definition) is 0. The number of ether oxygens (including phenoxy) is 1. The molecule has 1 aliphatic heterocycles. The summed E-state index contributed by atoms with van der Waals surface area (Å²) < 4.78 is 27.8. The van der Waals surface area contributed by atoms with E-state index < -0.39 is 27.8 Å². The van der Waals surface area contributed by atoms with Crippen LogP contribution in [0.2, 0.25) is 0 Å². The second-order valence-corrected chi connectivity index (χ2v) is 11.7. The van der Waals surface area contributed by atoms with Gasteiger partial charge in [-0.2, -0.15) is 0 Å². The van der Waals surface area contributed by atoms with E-state index in [1.165, 1.54) is 0 Å². The Bertz CT molecular complexity index is 1260. The van der Waals surface area contributed by atoms with E-state index in [1.807, 2.05) is 121 Å². The molecular weight excluding hydrogens is 589 g/mol. The monoisotopic (exact) mass is 609 g/mol. The van der Waals surface area contributed by atoms with Gasteiger partial charge in [-0.25, -0.2) is 9.59 Å². The van der Waals surface area contributed by atoms with Gasteiger partial charge in [-0.3, -0.25) is 0 Å². The van der Waals surface area contributed by atoms with Crippen molar-refractivity contribution < 1.29 is 45.1 Å². The standard InChI is InChI=1S/C28H20O3P2.3CO.Co/c29-27-25(32(21-13-5-1-6-14-21)22-15-7-2-8-16-22)26(28(30)31-27)33(23-17-9-3-10-18-23)24-19-11-4-12-20-24;3*1-2;/h1-20H;;;;. The number of hydrogen-bond acceptors (Lipinski definition) is 3. The Labute approximate surface area is 245 Å². The molecule has 1 heterocycles. The second kappa shape index (κ2) is 18.6. The number of rotatable bonds is 6. The molecule has 0 aromatic heterocycles. The molecule has 0 aliphatic carbocycles. The molecule has 199 valence electrons. The molecule has 0 atom stereocenters. The van der Waals surface area contributed by atoms with Gasteiger partial charge in [0.1, 0.15) is 0 Å². The molecule has 4 aromatic rings. The van der Waals surface area contributed by atoms with E-state index in [0.717, 1.165) is 21.2 Å². The van der Waals surface area contributed by atoms with Gasteiger partial charge in [-0.05, 0) is 37.1 Å². The number of carbonyl (C=O) groups excluding carboxylic acids is 2. The first-order chi connectivity index (χ1) is 19.2. The third-order valence-corrected chi connectivity index (χ3v) is 10.4. The van der Waals surface area contributed by atoms with Crippen LogP contribution in [0, 0.1) is 20.0 Å². The summed E-state index contributed by atoms with van der Waals surface area (Å²) in [6.45, 7) is 13.5. The normalized spacial score (nSPS) is 11.4. The Morgan fingerprint density at radius 1 is 0.425 bits per heavy atom. The Hall–Kier alpha value is -3.65. The zero-order valence-corrected chi connectivity index (χ0v) is 23.6. The molecule has 0 unspecified atom stereocenters. The van der Waals surface area contributed by atoms with Crippen molar-refractivity contribution >= 4 is 49.0 Å². The minimum absolute atomic E-state index is 0. The molecule has 1 aliphatic rings. The molecule has 0 saturated carbocycles. The Morgan fingerprint density at radius 2 is 0.625 bits per heavy atom. The van der Waals surface area contributed by atoms with E-state index in [-0.39, 0.29) is 16.8 Å². The van der Waals surface area contributed by atoms with Crippen LogP contribution < -0.4 is 21.2 Å². The van der Waals surface area contributed by atoms with E-state index >= 15 is 0 Å². The summed E-state index contributed by atoms with van der Waals surface area (Å²) in [5.74, 6) is -1.07. The molecule has 4 aromatic carbocycles. The fourth-order valence-electron chi connectivity index (χ4n) is 3.89. The predicted octanol–water partition coefficient (Wildman–Crippen LogP) is 4.43. The molecule has 40 heavy (non-hydrogen) atoms. The van der Waals surface area contributed by atoms with Crippen LogP contribution in [0.1, 0.15) is 0 Å². The van der Waals surface area contributed by atoms with Crippen LogP contribution in [0.3, 0.4) is 0 Å². The second-order valence-electron chi connectivity index (χ2n) is 7.39. The Morgan fingerprint density at radius 3 is 0.825 bits per heavy atom. The Balaban J connectivity index is 0.00000107. The topological polar surface area (TPSA) is 103 Å². The van der Waals surface area contributed by atoms with Crippen molar-refractivity contribution in [2.24, 2.45) is 0 Å². The fourth-order valence-corrected chi connectivity index (χ4v) is 9.06. The van der Waals surface area contributed by atoms with E-state index in [4.69, 9.17) is 18.7 Å². The predicted molar refractivity (Wildman–Crippen MR) is 148 cm³/mol.